The van der Waals surface area contributed by atoms with Crippen LogP contribution in [0.5, 0.6) is 0 Å². The molecule has 1 N–H and O–H groups in total. The van der Waals surface area contributed by atoms with Gasteiger partial charge in [-0.3, -0.25) is 14.7 Å². The average molecular weight is 314 g/mol. The predicted molar refractivity (Wildman–Crippen MR) is 82.7 cm³/mol. The largest absolute Gasteiger partial charge is 0.329 e. The van der Waals surface area contributed by atoms with Gasteiger partial charge in [0.1, 0.15) is 5.70 Å². The van der Waals surface area contributed by atoms with E-state index in [9.17, 15) is 9.59 Å². The maximum atomic E-state index is 12.3. The predicted octanol–water partition coefficient (Wildman–Crippen LogP) is 2.83. The molecule has 0 aliphatic carbocycles. The third kappa shape index (κ3) is 2.99. The number of halogens is 1. The highest BCUT2D eigenvalue weighted by Crippen LogP contribution is 2.17. The normalized spacial score (nSPS) is 16.2. The van der Waals surface area contributed by atoms with E-state index in [0.717, 1.165) is 10.5 Å². The minimum Gasteiger partial charge on any atom is -0.303 e. The van der Waals surface area contributed by atoms with Crippen molar-refractivity contribution in [2.45, 2.75) is 6.54 Å². The lowest BCUT2D eigenvalue weighted by molar-refractivity contribution is -0.123. The number of hydrogen-bond donors (Lipinski definition) is 1. The van der Waals surface area contributed by atoms with E-state index in [4.69, 9.17) is 11.6 Å². The summed E-state index contributed by atoms with van der Waals surface area (Å²) >= 11 is 5.82. The molecule has 1 fully saturated rings. The molecule has 0 saturated carbocycles. The molecule has 110 valence electrons. The van der Waals surface area contributed by atoms with Gasteiger partial charge >= 0.3 is 6.03 Å². The van der Waals surface area contributed by atoms with Gasteiger partial charge in [0.05, 0.1) is 12.2 Å². The number of carbonyl (C=O) groups is 2. The molecule has 0 radical (unpaired) electrons. The number of rotatable bonds is 3. The first-order chi connectivity index (χ1) is 10.6. The van der Waals surface area contributed by atoms with E-state index in [1.165, 1.54) is 0 Å². The number of nitrogens with zero attached hydrogens (tertiary/aromatic N) is 2. The van der Waals surface area contributed by atoms with Crippen molar-refractivity contribution in [1.82, 2.24) is 15.2 Å². The Bertz CT molecular complexity index is 742. The summed E-state index contributed by atoms with van der Waals surface area (Å²) < 4.78 is 0. The van der Waals surface area contributed by atoms with Crippen LogP contribution in [0.2, 0.25) is 5.02 Å². The first kappa shape index (κ1) is 14.3. The zero-order chi connectivity index (χ0) is 15.5. The molecule has 0 atom stereocenters. The molecular weight excluding hydrogens is 302 g/mol. The highest BCUT2D eigenvalue weighted by Gasteiger charge is 2.33. The number of imide groups is 1. The molecule has 3 rings (SSSR count). The van der Waals surface area contributed by atoms with Crippen LogP contribution in [0.1, 0.15) is 11.3 Å². The van der Waals surface area contributed by atoms with Crippen LogP contribution in [0, 0.1) is 0 Å². The molecule has 2 aromatic rings. The van der Waals surface area contributed by atoms with Crippen LogP contribution in [-0.4, -0.2) is 21.8 Å². The molecule has 0 bridgehead atoms. The van der Waals surface area contributed by atoms with Crippen LogP contribution in [-0.2, 0) is 11.3 Å². The molecule has 3 amide bonds. The summed E-state index contributed by atoms with van der Waals surface area (Å²) in [5, 5.41) is 3.17. The van der Waals surface area contributed by atoms with Crippen molar-refractivity contribution in [2.24, 2.45) is 0 Å². The Balaban J connectivity index is 1.80. The minimum absolute atomic E-state index is 0.196. The maximum absolute atomic E-state index is 12.3. The Morgan fingerprint density at radius 2 is 1.91 bits per heavy atom. The Kier molecular flexibility index (Phi) is 3.89. The Labute approximate surface area is 132 Å². The Morgan fingerprint density at radius 1 is 1.14 bits per heavy atom. The van der Waals surface area contributed by atoms with Gasteiger partial charge in [0, 0.05) is 11.2 Å². The average Bonchev–Trinajstić information content (AvgIpc) is 2.78. The zero-order valence-corrected chi connectivity index (χ0v) is 12.2. The van der Waals surface area contributed by atoms with Crippen LogP contribution in [0.4, 0.5) is 4.79 Å². The lowest BCUT2D eigenvalue weighted by atomic mass is 10.2. The maximum Gasteiger partial charge on any atom is 0.329 e. The Morgan fingerprint density at radius 3 is 2.59 bits per heavy atom. The summed E-state index contributed by atoms with van der Waals surface area (Å²) in [7, 11) is 0. The van der Waals surface area contributed by atoms with Gasteiger partial charge in [-0.05, 0) is 35.9 Å². The fourth-order valence-corrected chi connectivity index (χ4v) is 2.22. The van der Waals surface area contributed by atoms with Crippen molar-refractivity contribution in [2.75, 3.05) is 0 Å². The molecule has 5 nitrogen and oxygen atoms in total. The van der Waals surface area contributed by atoms with Crippen molar-refractivity contribution in [3.8, 4) is 0 Å². The first-order valence-corrected chi connectivity index (χ1v) is 7.01. The van der Waals surface area contributed by atoms with Crippen LogP contribution in [0.3, 0.4) is 0 Å². The number of amides is 3. The highest BCUT2D eigenvalue weighted by molar-refractivity contribution is 6.30. The number of carbonyl (C=O) groups excluding carboxylic acids is 2. The zero-order valence-electron chi connectivity index (χ0n) is 11.5. The van der Waals surface area contributed by atoms with Gasteiger partial charge in [0.2, 0.25) is 0 Å². The lowest BCUT2D eigenvalue weighted by Crippen LogP contribution is -2.30. The second kappa shape index (κ2) is 5.99. The smallest absolute Gasteiger partial charge is 0.303 e. The minimum atomic E-state index is -0.442. The summed E-state index contributed by atoms with van der Waals surface area (Å²) in [6, 6.07) is 11.9. The van der Waals surface area contributed by atoms with E-state index in [1.807, 2.05) is 6.07 Å². The summed E-state index contributed by atoms with van der Waals surface area (Å²) in [4.78, 5) is 29.5. The number of urea groups is 1. The standard InChI is InChI=1S/C16H12ClN3O2/c17-12-6-4-11(5-7-12)10-20-15(21)14(19-16(20)22)9-13-3-1-2-8-18-13/h1-9H,10H2,(H,19,22). The third-order valence-electron chi connectivity index (χ3n) is 3.20. The van der Waals surface area contributed by atoms with E-state index in [2.05, 4.69) is 10.3 Å². The topological polar surface area (TPSA) is 62.3 Å². The molecule has 22 heavy (non-hydrogen) atoms. The van der Waals surface area contributed by atoms with E-state index in [-0.39, 0.29) is 18.1 Å². The first-order valence-electron chi connectivity index (χ1n) is 6.63. The number of nitrogens with one attached hydrogen (secondary N) is 1. The number of pyridine rings is 1. The van der Waals surface area contributed by atoms with E-state index >= 15 is 0 Å². The molecular formula is C16H12ClN3O2. The van der Waals surface area contributed by atoms with Crippen molar-refractivity contribution in [3.63, 3.8) is 0 Å². The second-order valence-corrected chi connectivity index (χ2v) is 5.20. The molecule has 6 heteroatoms. The summed E-state index contributed by atoms with van der Waals surface area (Å²) in [6.45, 7) is 0.196. The van der Waals surface area contributed by atoms with Gasteiger partial charge in [0.15, 0.2) is 0 Å². The molecule has 1 aromatic carbocycles. The fraction of sp³-hybridized carbons (Fsp3) is 0.0625. The quantitative estimate of drug-likeness (QED) is 0.700. The van der Waals surface area contributed by atoms with Gasteiger partial charge in [-0.15, -0.1) is 0 Å². The van der Waals surface area contributed by atoms with Crippen LogP contribution >= 0.6 is 11.6 Å². The lowest BCUT2D eigenvalue weighted by Gasteiger charge is -2.11. The van der Waals surface area contributed by atoms with E-state index in [1.54, 1.807) is 48.7 Å². The second-order valence-electron chi connectivity index (χ2n) is 4.76. The fourth-order valence-electron chi connectivity index (χ4n) is 2.10. The monoisotopic (exact) mass is 313 g/mol. The summed E-state index contributed by atoms with van der Waals surface area (Å²) in [6.07, 6.45) is 3.18. The van der Waals surface area contributed by atoms with E-state index in [0.29, 0.717) is 10.7 Å². The molecule has 1 aromatic heterocycles. The molecule has 1 aliphatic rings. The van der Waals surface area contributed by atoms with E-state index < -0.39 is 6.03 Å². The van der Waals surface area contributed by atoms with Gasteiger partial charge in [0.25, 0.3) is 5.91 Å². The van der Waals surface area contributed by atoms with Crippen molar-refractivity contribution >= 4 is 29.6 Å². The summed E-state index contributed by atoms with van der Waals surface area (Å²) in [5.41, 5.74) is 1.66. The molecule has 1 saturated heterocycles. The highest BCUT2D eigenvalue weighted by atomic mass is 35.5. The molecule has 0 unspecified atom stereocenters. The van der Waals surface area contributed by atoms with Crippen molar-refractivity contribution in [1.29, 1.82) is 0 Å². The van der Waals surface area contributed by atoms with Gasteiger partial charge in [-0.25, -0.2) is 4.79 Å². The molecule has 0 spiro atoms. The van der Waals surface area contributed by atoms with Gasteiger partial charge in [-0.1, -0.05) is 29.8 Å². The van der Waals surface area contributed by atoms with Crippen LogP contribution < -0.4 is 5.32 Å². The molecule has 2 heterocycles. The number of aromatic nitrogens is 1. The SMILES string of the molecule is O=C1NC(=Cc2ccccn2)C(=O)N1Cc1ccc(Cl)cc1. The Hall–Kier alpha value is -2.66. The van der Waals surface area contributed by atoms with Gasteiger partial charge < -0.3 is 5.32 Å². The van der Waals surface area contributed by atoms with Gasteiger partial charge in [-0.2, -0.15) is 0 Å². The van der Waals surface area contributed by atoms with Crippen molar-refractivity contribution in [3.05, 3.63) is 70.6 Å². The summed E-state index contributed by atoms with van der Waals surface area (Å²) in [5.74, 6) is -0.370. The van der Waals surface area contributed by atoms with Crippen LogP contribution in [0.15, 0.2) is 54.4 Å². The number of hydrogen-bond acceptors (Lipinski definition) is 3. The van der Waals surface area contributed by atoms with Crippen molar-refractivity contribution < 1.29 is 9.59 Å². The van der Waals surface area contributed by atoms with Crippen LogP contribution in [0.25, 0.3) is 6.08 Å². The third-order valence-corrected chi connectivity index (χ3v) is 3.45. The molecule has 1 aliphatic heterocycles. The number of benzene rings is 1.